The first-order valence-electron chi connectivity index (χ1n) is 17.4. The molecule has 2 aliphatic heterocycles. The van der Waals surface area contributed by atoms with E-state index in [-0.39, 0.29) is 40.6 Å². The van der Waals surface area contributed by atoms with Gasteiger partial charge in [-0.05, 0) is 78.9 Å². The molecule has 0 bridgehead atoms. The Balaban J connectivity index is 1.33. The third-order valence-corrected chi connectivity index (χ3v) is 12.0. The first kappa shape index (κ1) is 36.1. The number of aromatic hydroxyl groups is 1. The average molecular weight is 783 g/mol. The predicted molar refractivity (Wildman–Crippen MR) is 201 cm³/mol. The number of nitrogens with zero attached hydrogens (tertiary/aromatic N) is 2. The highest BCUT2D eigenvalue weighted by Gasteiger charge is 2.70. The number of hydrazine groups is 1. The summed E-state index contributed by atoms with van der Waals surface area (Å²) in [6.45, 7) is 0. The van der Waals surface area contributed by atoms with Crippen LogP contribution in [0.3, 0.4) is 0 Å². The van der Waals surface area contributed by atoms with Gasteiger partial charge in [0.25, 0.3) is 11.8 Å². The zero-order valence-electron chi connectivity index (χ0n) is 29.4. The van der Waals surface area contributed by atoms with E-state index in [2.05, 4.69) is 5.43 Å². The number of carboxylic acids is 1. The van der Waals surface area contributed by atoms with E-state index in [0.29, 0.717) is 33.2 Å². The number of carboxylic acid groups (broad SMARTS) is 1. The lowest BCUT2D eigenvalue weighted by atomic mass is 9.49. The maximum absolute atomic E-state index is 15.4. The zero-order chi connectivity index (χ0) is 38.9. The molecule has 2 saturated heterocycles. The van der Waals surface area contributed by atoms with Crippen molar-refractivity contribution < 1.29 is 43.7 Å². The van der Waals surface area contributed by atoms with E-state index < -0.39 is 64.6 Å². The second kappa shape index (κ2) is 13.5. The predicted octanol–water partition coefficient (Wildman–Crippen LogP) is 6.60. The molecule has 4 aromatic carbocycles. The lowest BCUT2D eigenvalue weighted by molar-refractivity contribution is -0.138. The van der Waals surface area contributed by atoms with E-state index >= 15 is 4.79 Å². The number of nitrogens with one attached hydrogen (secondary N) is 1. The van der Waals surface area contributed by atoms with Crippen LogP contribution >= 0.6 is 23.2 Å². The fourth-order valence-electron chi connectivity index (χ4n) is 9.11. The third-order valence-electron chi connectivity index (χ3n) is 11.5. The van der Waals surface area contributed by atoms with Gasteiger partial charge in [-0.15, -0.1) is 0 Å². The number of hydrogen-bond donors (Lipinski definition) is 3. The van der Waals surface area contributed by atoms with Gasteiger partial charge in [-0.1, -0.05) is 59.1 Å². The number of allylic oxidation sites excluding steroid dienone is 2. The molecule has 55 heavy (non-hydrogen) atoms. The minimum Gasteiger partial charge on any atom is -0.508 e. The van der Waals surface area contributed by atoms with Gasteiger partial charge in [0.15, 0.2) is 0 Å². The number of methoxy groups -OCH3 is 2. The normalized spacial score (nSPS) is 25.6. The molecule has 3 N–H and O–H groups in total. The second-order valence-electron chi connectivity index (χ2n) is 14.0. The molecule has 4 aliphatic rings. The number of ether oxygens (including phenoxy) is 2. The van der Waals surface area contributed by atoms with Gasteiger partial charge in [0.1, 0.15) is 17.2 Å². The Labute approximate surface area is 324 Å². The van der Waals surface area contributed by atoms with Crippen LogP contribution in [-0.4, -0.2) is 59.0 Å². The average Bonchev–Trinajstić information content (AvgIpc) is 3.56. The molecule has 6 atom stereocenters. The summed E-state index contributed by atoms with van der Waals surface area (Å²) in [7, 11) is 2.96. The second-order valence-corrected chi connectivity index (χ2v) is 14.8. The molecule has 0 spiro atoms. The van der Waals surface area contributed by atoms with E-state index in [0.717, 1.165) is 9.91 Å². The zero-order valence-corrected chi connectivity index (χ0v) is 30.9. The molecule has 4 amide bonds. The molecular weight excluding hydrogens is 749 g/mol. The monoisotopic (exact) mass is 781 g/mol. The fourth-order valence-corrected chi connectivity index (χ4v) is 9.57. The minimum atomic E-state index is -1.68. The molecule has 2 aliphatic carbocycles. The van der Waals surface area contributed by atoms with Crippen LogP contribution < -0.4 is 19.8 Å². The van der Waals surface area contributed by atoms with Crippen molar-refractivity contribution in [2.24, 2.45) is 23.7 Å². The largest absolute Gasteiger partial charge is 0.508 e. The topological polar surface area (TPSA) is 163 Å². The van der Waals surface area contributed by atoms with Crippen LogP contribution in [0.1, 0.15) is 40.2 Å². The summed E-state index contributed by atoms with van der Waals surface area (Å²) in [4.78, 5) is 71.8. The maximum atomic E-state index is 15.4. The van der Waals surface area contributed by atoms with Crippen LogP contribution in [0.2, 0.25) is 10.0 Å². The van der Waals surface area contributed by atoms with E-state index in [1.807, 2.05) is 6.08 Å². The molecule has 2 heterocycles. The number of fused-ring (bicyclic) bond motifs is 4. The van der Waals surface area contributed by atoms with Crippen molar-refractivity contribution in [1.82, 2.24) is 5.01 Å². The summed E-state index contributed by atoms with van der Waals surface area (Å²) in [5, 5.41) is 22.8. The number of anilines is 2. The highest BCUT2D eigenvalue weighted by molar-refractivity contribution is 6.36. The van der Waals surface area contributed by atoms with Crippen molar-refractivity contribution in [3.8, 4) is 17.2 Å². The molecular formula is C41H33Cl2N3O9. The van der Waals surface area contributed by atoms with Crippen molar-refractivity contribution >= 4 is 64.2 Å². The van der Waals surface area contributed by atoms with Crippen LogP contribution in [0.5, 0.6) is 17.2 Å². The molecule has 14 heteroatoms. The lowest BCUT2D eigenvalue weighted by Gasteiger charge is -2.50. The van der Waals surface area contributed by atoms with E-state index in [9.17, 15) is 29.4 Å². The van der Waals surface area contributed by atoms with Gasteiger partial charge in [-0.2, -0.15) is 5.01 Å². The molecule has 4 aromatic rings. The first-order valence-corrected chi connectivity index (χ1v) is 18.2. The molecule has 3 fully saturated rings. The van der Waals surface area contributed by atoms with Gasteiger partial charge < -0.3 is 19.7 Å². The number of hydrogen-bond acceptors (Lipinski definition) is 9. The SMILES string of the molecule is COc1ccc([C@@]23C(=O)N(Nc4ccc(Cl)cc4Cl)C(=O)[C@@H]2C[C@@H]2C(=CC[C@@H]4C(=O)N(c5cccc(C(=O)O)c5)C(=O)[C@@H]42)[C@@H]3c2ccc(OC)cc2O)cc1. The Bertz CT molecular complexity index is 2350. The van der Waals surface area contributed by atoms with Gasteiger partial charge in [0.2, 0.25) is 11.8 Å². The van der Waals surface area contributed by atoms with E-state index in [1.165, 1.54) is 50.6 Å². The third kappa shape index (κ3) is 5.45. The Morgan fingerprint density at radius 1 is 0.855 bits per heavy atom. The minimum absolute atomic E-state index is 0.00836. The number of rotatable bonds is 8. The van der Waals surface area contributed by atoms with Crippen molar-refractivity contribution in [3.63, 3.8) is 0 Å². The Kier molecular flexibility index (Phi) is 8.85. The molecule has 0 radical (unpaired) electrons. The summed E-state index contributed by atoms with van der Waals surface area (Å²) in [5.74, 6) is -7.45. The van der Waals surface area contributed by atoms with Crippen molar-refractivity contribution in [1.29, 1.82) is 0 Å². The quantitative estimate of drug-likeness (QED) is 0.131. The highest BCUT2D eigenvalue weighted by atomic mass is 35.5. The number of phenols is 1. The molecule has 12 nitrogen and oxygen atoms in total. The van der Waals surface area contributed by atoms with Gasteiger partial charge in [-0.25, -0.2) is 4.79 Å². The summed E-state index contributed by atoms with van der Waals surface area (Å²) in [6, 6.07) is 21.7. The van der Waals surface area contributed by atoms with Gasteiger partial charge in [-0.3, -0.25) is 29.5 Å². The highest BCUT2D eigenvalue weighted by Crippen LogP contribution is 2.65. The number of aromatic carboxylic acids is 1. The molecule has 0 aromatic heterocycles. The Morgan fingerprint density at radius 3 is 2.25 bits per heavy atom. The Morgan fingerprint density at radius 2 is 1.58 bits per heavy atom. The number of phenolic OH excluding ortho intramolecular Hbond substituents is 1. The standard InChI is InChI=1S/C41H33Cl2N3O9/c1-54-24-9-6-21(7-10-24)41-30(37(49)46(40(41)53)44-32-15-8-22(42)17-31(32)43)19-29-26(35(41)27-12-11-25(55-2)18-33(27)47)13-14-28-34(29)38(50)45(36(28)48)23-5-3-4-20(16-23)39(51)52/h3-13,15-18,28-30,34-35,44,47H,14,19H2,1-2H3,(H,51,52)/t28-,29+,30-,34-,35+,41+/m0/s1. The molecule has 0 unspecified atom stereocenters. The number of benzene rings is 4. The first-order chi connectivity index (χ1) is 26.4. The number of imide groups is 2. The molecule has 280 valence electrons. The van der Waals surface area contributed by atoms with Crippen LogP contribution in [0.25, 0.3) is 0 Å². The summed E-state index contributed by atoms with van der Waals surface area (Å²) in [5.41, 5.74) is 2.93. The number of halogens is 2. The van der Waals surface area contributed by atoms with Gasteiger partial charge >= 0.3 is 5.97 Å². The van der Waals surface area contributed by atoms with Crippen molar-refractivity contribution in [3.05, 3.63) is 123 Å². The fraction of sp³-hybridized carbons (Fsp3) is 0.244. The molecule has 8 rings (SSSR count). The molecule has 1 saturated carbocycles. The van der Waals surface area contributed by atoms with Crippen LogP contribution in [0, 0.1) is 23.7 Å². The van der Waals surface area contributed by atoms with Crippen molar-refractivity contribution in [2.45, 2.75) is 24.2 Å². The van der Waals surface area contributed by atoms with E-state index in [1.54, 1.807) is 48.5 Å². The Hall–Kier alpha value is -5.85. The number of carbonyl (C=O) groups excluding carboxylic acids is 4. The van der Waals surface area contributed by atoms with Crippen LogP contribution in [0.15, 0.2) is 96.6 Å². The lowest BCUT2D eigenvalue weighted by Crippen LogP contribution is -2.53. The summed E-state index contributed by atoms with van der Waals surface area (Å²) < 4.78 is 10.8. The number of amides is 4. The summed E-state index contributed by atoms with van der Waals surface area (Å²) >= 11 is 12.7. The van der Waals surface area contributed by atoms with Crippen molar-refractivity contribution in [2.75, 3.05) is 24.5 Å². The van der Waals surface area contributed by atoms with Gasteiger partial charge in [0, 0.05) is 22.6 Å². The summed E-state index contributed by atoms with van der Waals surface area (Å²) in [6.07, 6.45) is 1.97. The van der Waals surface area contributed by atoms with Gasteiger partial charge in [0.05, 0.1) is 59.3 Å². The maximum Gasteiger partial charge on any atom is 0.335 e. The van der Waals surface area contributed by atoms with Crippen LogP contribution in [-0.2, 0) is 24.6 Å². The number of carbonyl (C=O) groups is 5. The smallest absolute Gasteiger partial charge is 0.335 e. The van der Waals surface area contributed by atoms with Crippen LogP contribution in [0.4, 0.5) is 11.4 Å². The van der Waals surface area contributed by atoms with E-state index in [4.69, 9.17) is 32.7 Å².